The summed E-state index contributed by atoms with van der Waals surface area (Å²) in [5.41, 5.74) is 6.15. The SMILES string of the molecule is CCC(CC)C(=O)N[C@H]1C=C(C(=O)O)C[C@@H](N)[C@@H]1NC(C)=O. The summed E-state index contributed by atoms with van der Waals surface area (Å²) in [7, 11) is 0. The van der Waals surface area contributed by atoms with Crippen LogP contribution in [0.3, 0.4) is 0 Å². The fourth-order valence-corrected chi connectivity index (χ4v) is 2.70. The van der Waals surface area contributed by atoms with Gasteiger partial charge in [0, 0.05) is 24.5 Å². The lowest BCUT2D eigenvalue weighted by atomic mass is 9.86. The zero-order valence-corrected chi connectivity index (χ0v) is 13.3. The molecule has 0 fully saturated rings. The van der Waals surface area contributed by atoms with Gasteiger partial charge in [0.15, 0.2) is 0 Å². The van der Waals surface area contributed by atoms with E-state index >= 15 is 0 Å². The molecule has 1 aliphatic carbocycles. The summed E-state index contributed by atoms with van der Waals surface area (Å²) < 4.78 is 0. The van der Waals surface area contributed by atoms with Crippen molar-refractivity contribution in [1.29, 1.82) is 0 Å². The Morgan fingerprint density at radius 1 is 1.32 bits per heavy atom. The molecule has 0 saturated carbocycles. The third-order valence-corrected chi connectivity index (χ3v) is 3.99. The number of carbonyl (C=O) groups is 3. The summed E-state index contributed by atoms with van der Waals surface area (Å²) in [5, 5.41) is 14.7. The standard InChI is InChI=1S/C15H25N3O4/c1-4-9(5-2)14(20)18-12-7-10(15(21)22)6-11(16)13(12)17-8(3)19/h7,9,11-13H,4-6,16H2,1-3H3,(H,17,19)(H,18,20)(H,21,22)/t11-,12+,13+/m1/s1. The van der Waals surface area contributed by atoms with E-state index in [2.05, 4.69) is 10.6 Å². The lowest BCUT2D eigenvalue weighted by Crippen LogP contribution is -2.61. The third kappa shape index (κ3) is 4.56. The summed E-state index contributed by atoms with van der Waals surface area (Å²) in [5.74, 6) is -1.62. The second-order valence-electron chi connectivity index (χ2n) is 5.64. The molecule has 0 unspecified atom stereocenters. The van der Waals surface area contributed by atoms with E-state index < -0.39 is 24.1 Å². The van der Waals surface area contributed by atoms with Gasteiger partial charge in [-0.15, -0.1) is 0 Å². The highest BCUT2D eigenvalue weighted by molar-refractivity contribution is 5.88. The first-order chi connectivity index (χ1) is 10.3. The molecule has 0 aromatic heterocycles. The number of carboxylic acid groups (broad SMARTS) is 1. The van der Waals surface area contributed by atoms with Gasteiger partial charge in [-0.25, -0.2) is 4.79 Å². The summed E-state index contributed by atoms with van der Waals surface area (Å²) in [6, 6.07) is -1.70. The van der Waals surface area contributed by atoms with E-state index in [-0.39, 0.29) is 29.7 Å². The van der Waals surface area contributed by atoms with Gasteiger partial charge >= 0.3 is 5.97 Å². The van der Waals surface area contributed by atoms with Gasteiger partial charge in [-0.1, -0.05) is 13.8 Å². The molecule has 0 saturated heterocycles. The molecule has 22 heavy (non-hydrogen) atoms. The van der Waals surface area contributed by atoms with Crippen molar-refractivity contribution in [3.8, 4) is 0 Å². The van der Waals surface area contributed by atoms with Crippen molar-refractivity contribution in [2.75, 3.05) is 0 Å². The molecule has 0 aromatic rings. The molecule has 0 bridgehead atoms. The Morgan fingerprint density at radius 3 is 2.36 bits per heavy atom. The highest BCUT2D eigenvalue weighted by atomic mass is 16.4. The van der Waals surface area contributed by atoms with Crippen LogP contribution in [0.4, 0.5) is 0 Å². The van der Waals surface area contributed by atoms with Crippen LogP contribution in [0.25, 0.3) is 0 Å². The number of nitrogens with one attached hydrogen (secondary N) is 2. The number of aliphatic carboxylic acids is 1. The van der Waals surface area contributed by atoms with Crippen molar-refractivity contribution >= 4 is 17.8 Å². The average molecular weight is 311 g/mol. The molecule has 0 aromatic carbocycles. The maximum atomic E-state index is 12.2. The number of carboxylic acids is 1. The highest BCUT2D eigenvalue weighted by Crippen LogP contribution is 2.20. The minimum absolute atomic E-state index is 0.141. The van der Waals surface area contributed by atoms with Gasteiger partial charge in [0.05, 0.1) is 12.1 Å². The number of nitrogens with two attached hydrogens (primary N) is 1. The second kappa shape index (κ2) is 7.93. The summed E-state index contributed by atoms with van der Waals surface area (Å²) in [4.78, 5) is 34.8. The lowest BCUT2D eigenvalue weighted by Gasteiger charge is -2.35. The smallest absolute Gasteiger partial charge is 0.331 e. The number of carbonyl (C=O) groups excluding carboxylic acids is 2. The van der Waals surface area contributed by atoms with Crippen molar-refractivity contribution in [3.63, 3.8) is 0 Å². The van der Waals surface area contributed by atoms with E-state index in [1.54, 1.807) is 0 Å². The molecule has 2 amide bonds. The Hall–Kier alpha value is -1.89. The molecule has 0 radical (unpaired) electrons. The van der Waals surface area contributed by atoms with Gasteiger partial charge in [-0.2, -0.15) is 0 Å². The molecule has 0 heterocycles. The minimum atomic E-state index is -1.06. The first-order valence-electron chi connectivity index (χ1n) is 7.57. The molecule has 5 N–H and O–H groups in total. The Balaban J connectivity index is 2.99. The van der Waals surface area contributed by atoms with Crippen LogP contribution in [-0.2, 0) is 14.4 Å². The van der Waals surface area contributed by atoms with Gasteiger partial charge in [-0.3, -0.25) is 9.59 Å². The molecule has 3 atom stereocenters. The van der Waals surface area contributed by atoms with E-state index in [9.17, 15) is 14.4 Å². The largest absolute Gasteiger partial charge is 0.478 e. The van der Waals surface area contributed by atoms with Crippen LogP contribution in [0.1, 0.15) is 40.0 Å². The van der Waals surface area contributed by atoms with Crippen LogP contribution >= 0.6 is 0 Å². The topological polar surface area (TPSA) is 122 Å². The summed E-state index contributed by atoms with van der Waals surface area (Å²) in [6.45, 7) is 5.21. The van der Waals surface area contributed by atoms with E-state index in [1.807, 2.05) is 13.8 Å². The van der Waals surface area contributed by atoms with E-state index in [0.717, 1.165) is 0 Å². The van der Waals surface area contributed by atoms with Crippen LogP contribution in [0.2, 0.25) is 0 Å². The number of rotatable bonds is 6. The molecule has 0 spiro atoms. The quantitative estimate of drug-likeness (QED) is 0.556. The normalized spacial score (nSPS) is 24.6. The van der Waals surface area contributed by atoms with E-state index in [1.165, 1.54) is 13.0 Å². The van der Waals surface area contributed by atoms with Gasteiger partial charge in [-0.05, 0) is 25.3 Å². The van der Waals surface area contributed by atoms with Crippen molar-refractivity contribution in [3.05, 3.63) is 11.6 Å². The number of hydrogen-bond donors (Lipinski definition) is 4. The highest BCUT2D eigenvalue weighted by Gasteiger charge is 2.35. The van der Waals surface area contributed by atoms with Crippen molar-refractivity contribution in [2.45, 2.75) is 58.2 Å². The Bertz CT molecular complexity index is 471. The fraction of sp³-hybridized carbons (Fsp3) is 0.667. The minimum Gasteiger partial charge on any atom is -0.478 e. The Morgan fingerprint density at radius 2 is 1.91 bits per heavy atom. The lowest BCUT2D eigenvalue weighted by molar-refractivity contribution is -0.133. The third-order valence-electron chi connectivity index (χ3n) is 3.99. The summed E-state index contributed by atoms with van der Waals surface area (Å²) >= 11 is 0. The van der Waals surface area contributed by atoms with Gasteiger partial charge in [0.1, 0.15) is 0 Å². The molecule has 1 rings (SSSR count). The number of hydrogen-bond acceptors (Lipinski definition) is 4. The monoisotopic (exact) mass is 311 g/mol. The first kappa shape index (κ1) is 18.2. The molecular weight excluding hydrogens is 286 g/mol. The summed E-state index contributed by atoms with van der Waals surface area (Å²) in [6.07, 6.45) is 3.02. The van der Waals surface area contributed by atoms with E-state index in [0.29, 0.717) is 12.8 Å². The van der Waals surface area contributed by atoms with Crippen molar-refractivity contribution in [2.24, 2.45) is 11.7 Å². The van der Waals surface area contributed by atoms with Crippen LogP contribution in [-0.4, -0.2) is 41.0 Å². The zero-order chi connectivity index (χ0) is 16.9. The fourth-order valence-electron chi connectivity index (χ4n) is 2.70. The molecule has 1 aliphatic rings. The maximum Gasteiger partial charge on any atom is 0.331 e. The maximum absolute atomic E-state index is 12.2. The van der Waals surface area contributed by atoms with Gasteiger partial charge in [0.25, 0.3) is 0 Å². The molecule has 7 nitrogen and oxygen atoms in total. The number of amides is 2. The van der Waals surface area contributed by atoms with Crippen molar-refractivity contribution in [1.82, 2.24) is 10.6 Å². The average Bonchev–Trinajstić information content (AvgIpc) is 2.43. The van der Waals surface area contributed by atoms with Crippen LogP contribution in [0.15, 0.2) is 11.6 Å². The van der Waals surface area contributed by atoms with Crippen LogP contribution in [0.5, 0.6) is 0 Å². The predicted molar refractivity (Wildman–Crippen MR) is 81.9 cm³/mol. The zero-order valence-electron chi connectivity index (χ0n) is 13.3. The molecular formula is C15H25N3O4. The predicted octanol–water partition coefficient (Wildman–Crippen LogP) is 0.154. The van der Waals surface area contributed by atoms with E-state index in [4.69, 9.17) is 10.8 Å². The molecule has 0 aliphatic heterocycles. The van der Waals surface area contributed by atoms with Crippen LogP contribution < -0.4 is 16.4 Å². The Kier molecular flexibility index (Phi) is 6.55. The Labute approximate surface area is 130 Å². The first-order valence-corrected chi connectivity index (χ1v) is 7.57. The van der Waals surface area contributed by atoms with Gasteiger partial charge < -0.3 is 21.5 Å². The van der Waals surface area contributed by atoms with Crippen LogP contribution in [0, 0.1) is 5.92 Å². The molecule has 124 valence electrons. The van der Waals surface area contributed by atoms with Gasteiger partial charge in [0.2, 0.25) is 11.8 Å². The molecule has 7 heteroatoms. The van der Waals surface area contributed by atoms with Crippen molar-refractivity contribution < 1.29 is 19.5 Å². The second-order valence-corrected chi connectivity index (χ2v) is 5.64.